The molecule has 0 aromatic rings. The Morgan fingerprint density at radius 2 is 1.94 bits per heavy atom. The van der Waals surface area contributed by atoms with E-state index < -0.39 is 0 Å². The van der Waals surface area contributed by atoms with Gasteiger partial charge < -0.3 is 11.1 Å². The molecule has 0 aliphatic heterocycles. The maximum absolute atomic E-state index is 12.2. The van der Waals surface area contributed by atoms with Gasteiger partial charge in [-0.25, -0.2) is 0 Å². The minimum atomic E-state index is -0.228. The highest BCUT2D eigenvalue weighted by atomic mass is 16.2. The molecule has 1 amide bonds. The van der Waals surface area contributed by atoms with Crippen molar-refractivity contribution in [3.05, 3.63) is 0 Å². The molecule has 0 aromatic heterocycles. The second-order valence-electron chi connectivity index (χ2n) is 6.21. The number of nitrogens with one attached hydrogen (secondary N) is 1. The van der Waals surface area contributed by atoms with E-state index in [0.29, 0.717) is 18.4 Å². The summed E-state index contributed by atoms with van der Waals surface area (Å²) >= 11 is 0. The van der Waals surface area contributed by atoms with Crippen LogP contribution in [0, 0.1) is 17.3 Å². The average molecular weight is 238 g/mol. The lowest BCUT2D eigenvalue weighted by atomic mass is 9.62. The van der Waals surface area contributed by atoms with Crippen LogP contribution in [0.3, 0.4) is 0 Å². The van der Waals surface area contributed by atoms with Gasteiger partial charge in [0.2, 0.25) is 5.91 Å². The van der Waals surface area contributed by atoms with E-state index in [4.69, 9.17) is 5.73 Å². The van der Waals surface area contributed by atoms with Crippen molar-refractivity contribution in [2.75, 3.05) is 13.1 Å². The molecule has 0 radical (unpaired) electrons. The molecule has 0 spiro atoms. The number of rotatable bonds is 4. The van der Waals surface area contributed by atoms with Crippen molar-refractivity contribution in [3.8, 4) is 0 Å². The fraction of sp³-hybridized carbons (Fsp3) is 0.929. The van der Waals surface area contributed by atoms with Gasteiger partial charge in [0.15, 0.2) is 0 Å². The number of amides is 1. The highest BCUT2D eigenvalue weighted by molar-refractivity contribution is 5.83. The molecule has 2 fully saturated rings. The normalized spacial score (nSPS) is 34.1. The minimum absolute atomic E-state index is 0.212. The van der Waals surface area contributed by atoms with Gasteiger partial charge in [0, 0.05) is 13.1 Å². The van der Waals surface area contributed by atoms with Gasteiger partial charge >= 0.3 is 0 Å². The Morgan fingerprint density at radius 3 is 2.47 bits per heavy atom. The molecule has 2 rings (SSSR count). The molecular formula is C14H26N2O. The van der Waals surface area contributed by atoms with Gasteiger partial charge in [-0.15, -0.1) is 0 Å². The Bertz CT molecular complexity index is 265. The molecule has 0 bridgehead atoms. The molecule has 2 saturated carbocycles. The van der Waals surface area contributed by atoms with Gasteiger partial charge in [0.05, 0.1) is 5.41 Å². The number of carbonyl (C=O) groups is 1. The summed E-state index contributed by atoms with van der Waals surface area (Å²) in [7, 11) is 0. The lowest BCUT2D eigenvalue weighted by molar-refractivity contribution is -0.138. The predicted molar refractivity (Wildman–Crippen MR) is 69.5 cm³/mol. The van der Waals surface area contributed by atoms with E-state index in [1.54, 1.807) is 0 Å². The lowest BCUT2D eigenvalue weighted by Gasteiger charge is -2.44. The third-order valence-corrected chi connectivity index (χ3v) is 4.63. The van der Waals surface area contributed by atoms with Gasteiger partial charge in [0.1, 0.15) is 0 Å². The molecule has 0 unspecified atom stereocenters. The molecule has 0 atom stereocenters. The van der Waals surface area contributed by atoms with Crippen LogP contribution in [0.15, 0.2) is 0 Å². The summed E-state index contributed by atoms with van der Waals surface area (Å²) < 4.78 is 0. The standard InChI is InChI=1S/C14H26N2O/c1-11-7-14(8-11,10-15)13(17)16-9-12-5-3-2-4-6-12/h11-12H,2-10,15H2,1H3,(H,16,17). The van der Waals surface area contributed by atoms with Crippen LogP contribution in [0.4, 0.5) is 0 Å². The molecule has 0 aromatic carbocycles. The van der Waals surface area contributed by atoms with Crippen LogP contribution in [0.25, 0.3) is 0 Å². The smallest absolute Gasteiger partial charge is 0.227 e. The van der Waals surface area contributed by atoms with Crippen LogP contribution < -0.4 is 11.1 Å². The zero-order valence-corrected chi connectivity index (χ0v) is 11.0. The molecule has 98 valence electrons. The zero-order valence-electron chi connectivity index (χ0n) is 11.0. The van der Waals surface area contributed by atoms with Crippen molar-refractivity contribution in [2.45, 2.75) is 51.9 Å². The van der Waals surface area contributed by atoms with Crippen LogP contribution in [-0.4, -0.2) is 19.0 Å². The summed E-state index contributed by atoms with van der Waals surface area (Å²) in [6, 6.07) is 0. The van der Waals surface area contributed by atoms with Gasteiger partial charge in [-0.2, -0.15) is 0 Å². The number of hydrogen-bond donors (Lipinski definition) is 2. The predicted octanol–water partition coefficient (Wildman–Crippen LogP) is 2.06. The summed E-state index contributed by atoms with van der Waals surface area (Å²) in [5.74, 6) is 1.59. The fourth-order valence-electron chi connectivity index (χ4n) is 3.53. The van der Waals surface area contributed by atoms with Gasteiger partial charge in [-0.3, -0.25) is 4.79 Å². The quantitative estimate of drug-likeness (QED) is 0.787. The Morgan fingerprint density at radius 1 is 1.29 bits per heavy atom. The Labute approximate surface area is 105 Å². The first kappa shape index (κ1) is 12.9. The van der Waals surface area contributed by atoms with Crippen molar-refractivity contribution < 1.29 is 4.79 Å². The van der Waals surface area contributed by atoms with E-state index in [0.717, 1.165) is 19.4 Å². The summed E-state index contributed by atoms with van der Waals surface area (Å²) in [6.45, 7) is 3.57. The van der Waals surface area contributed by atoms with Crippen LogP contribution in [0.1, 0.15) is 51.9 Å². The van der Waals surface area contributed by atoms with E-state index in [1.165, 1.54) is 32.1 Å². The largest absolute Gasteiger partial charge is 0.355 e. The molecule has 0 saturated heterocycles. The molecule has 17 heavy (non-hydrogen) atoms. The highest BCUT2D eigenvalue weighted by Crippen LogP contribution is 2.44. The number of carbonyl (C=O) groups excluding carboxylic acids is 1. The van der Waals surface area contributed by atoms with Crippen molar-refractivity contribution in [1.29, 1.82) is 0 Å². The molecule has 2 aliphatic carbocycles. The van der Waals surface area contributed by atoms with Crippen LogP contribution in [0.5, 0.6) is 0 Å². The monoisotopic (exact) mass is 238 g/mol. The maximum atomic E-state index is 12.2. The van der Waals surface area contributed by atoms with Crippen molar-refractivity contribution in [3.63, 3.8) is 0 Å². The second-order valence-corrected chi connectivity index (χ2v) is 6.21. The zero-order chi connectivity index (χ0) is 12.3. The second kappa shape index (κ2) is 5.38. The van der Waals surface area contributed by atoms with Gasteiger partial charge in [0.25, 0.3) is 0 Å². The van der Waals surface area contributed by atoms with E-state index in [2.05, 4.69) is 12.2 Å². The lowest BCUT2D eigenvalue weighted by Crippen LogP contribution is -2.54. The van der Waals surface area contributed by atoms with Crippen molar-refractivity contribution in [2.24, 2.45) is 23.0 Å². The van der Waals surface area contributed by atoms with E-state index in [9.17, 15) is 4.79 Å². The SMILES string of the molecule is CC1CC(CN)(C(=O)NCC2CCCCC2)C1. The van der Waals surface area contributed by atoms with E-state index in [-0.39, 0.29) is 11.3 Å². The van der Waals surface area contributed by atoms with Crippen LogP contribution >= 0.6 is 0 Å². The molecule has 3 N–H and O–H groups in total. The maximum Gasteiger partial charge on any atom is 0.227 e. The van der Waals surface area contributed by atoms with E-state index in [1.807, 2.05) is 0 Å². The minimum Gasteiger partial charge on any atom is -0.355 e. The third-order valence-electron chi connectivity index (χ3n) is 4.63. The first-order valence-electron chi connectivity index (χ1n) is 7.15. The molecule has 3 nitrogen and oxygen atoms in total. The topological polar surface area (TPSA) is 55.1 Å². The van der Waals surface area contributed by atoms with E-state index >= 15 is 0 Å². The Hall–Kier alpha value is -0.570. The highest BCUT2D eigenvalue weighted by Gasteiger charge is 2.47. The van der Waals surface area contributed by atoms with Gasteiger partial charge in [-0.05, 0) is 37.5 Å². The van der Waals surface area contributed by atoms with Crippen LogP contribution in [-0.2, 0) is 4.79 Å². The van der Waals surface area contributed by atoms with Crippen molar-refractivity contribution >= 4 is 5.91 Å². The third kappa shape index (κ3) is 2.82. The average Bonchev–Trinajstić information content (AvgIpc) is 2.33. The van der Waals surface area contributed by atoms with Crippen LogP contribution in [0.2, 0.25) is 0 Å². The molecular weight excluding hydrogens is 212 g/mol. The number of hydrogen-bond acceptors (Lipinski definition) is 2. The summed E-state index contributed by atoms with van der Waals surface area (Å²) in [5, 5.41) is 3.15. The first-order chi connectivity index (χ1) is 8.16. The van der Waals surface area contributed by atoms with Crippen molar-refractivity contribution in [1.82, 2.24) is 5.32 Å². The molecule has 0 heterocycles. The number of nitrogens with two attached hydrogens (primary N) is 1. The Balaban J connectivity index is 1.76. The van der Waals surface area contributed by atoms with Gasteiger partial charge in [-0.1, -0.05) is 26.2 Å². The summed E-state index contributed by atoms with van der Waals surface area (Å²) in [6.07, 6.45) is 8.55. The summed E-state index contributed by atoms with van der Waals surface area (Å²) in [5.41, 5.74) is 5.55. The fourth-order valence-corrected chi connectivity index (χ4v) is 3.53. The molecule has 3 heteroatoms. The first-order valence-corrected chi connectivity index (χ1v) is 7.15. The molecule has 2 aliphatic rings. The summed E-state index contributed by atoms with van der Waals surface area (Å²) in [4.78, 5) is 12.2. The Kier molecular flexibility index (Phi) is 4.08.